The molecule has 1 heterocycles. The van der Waals surface area contributed by atoms with Crippen LogP contribution in [0, 0.1) is 0 Å². The maximum Gasteiger partial charge on any atom is 0.136 e. The molecule has 0 bridgehead atoms. The Bertz CT molecular complexity index is 3300. The van der Waals surface area contributed by atoms with Gasteiger partial charge in [0.25, 0.3) is 0 Å². The summed E-state index contributed by atoms with van der Waals surface area (Å²) < 4.78 is 6.47. The van der Waals surface area contributed by atoms with Gasteiger partial charge in [-0.25, -0.2) is 0 Å². The van der Waals surface area contributed by atoms with E-state index in [2.05, 4.69) is 241 Å². The van der Waals surface area contributed by atoms with E-state index in [0.717, 1.165) is 61.6 Å². The molecule has 0 aliphatic rings. The maximum absolute atomic E-state index is 6.47. The third kappa shape index (κ3) is 7.04. The highest BCUT2D eigenvalue weighted by atomic mass is 16.3. The van der Waals surface area contributed by atoms with E-state index in [-0.39, 0.29) is 0 Å². The fourth-order valence-electron chi connectivity index (χ4n) is 8.82. The molecule has 62 heavy (non-hydrogen) atoms. The van der Waals surface area contributed by atoms with Crippen LogP contribution in [0.4, 0.5) is 17.1 Å². The summed E-state index contributed by atoms with van der Waals surface area (Å²) in [6.07, 6.45) is 0. The van der Waals surface area contributed by atoms with Gasteiger partial charge >= 0.3 is 0 Å². The first-order valence-corrected chi connectivity index (χ1v) is 21.2. The highest BCUT2D eigenvalue weighted by molar-refractivity contribution is 5.94. The molecule has 0 saturated carbocycles. The van der Waals surface area contributed by atoms with E-state index < -0.39 is 0 Å². The van der Waals surface area contributed by atoms with Gasteiger partial charge in [-0.2, -0.15) is 0 Å². The Morgan fingerprint density at radius 1 is 0.242 bits per heavy atom. The predicted molar refractivity (Wildman–Crippen MR) is 261 cm³/mol. The first-order valence-electron chi connectivity index (χ1n) is 21.2. The van der Waals surface area contributed by atoms with Crippen LogP contribution in [0.25, 0.3) is 88.7 Å². The quantitative estimate of drug-likeness (QED) is 0.145. The lowest BCUT2D eigenvalue weighted by molar-refractivity contribution is 0.632. The summed E-state index contributed by atoms with van der Waals surface area (Å²) in [6.45, 7) is 0. The predicted octanol–water partition coefficient (Wildman–Crippen LogP) is 17.1. The molecule has 2 nitrogen and oxygen atoms in total. The molecule has 11 rings (SSSR count). The Kier molecular flexibility index (Phi) is 9.57. The Labute approximate surface area is 362 Å². The first-order chi connectivity index (χ1) is 30.7. The van der Waals surface area contributed by atoms with E-state index in [4.69, 9.17) is 4.42 Å². The molecule has 1 aromatic heterocycles. The average molecular weight is 792 g/mol. The fourth-order valence-corrected chi connectivity index (χ4v) is 8.82. The van der Waals surface area contributed by atoms with Crippen molar-refractivity contribution in [1.29, 1.82) is 0 Å². The highest BCUT2D eigenvalue weighted by Gasteiger charge is 2.18. The van der Waals surface area contributed by atoms with Crippen molar-refractivity contribution in [2.75, 3.05) is 4.90 Å². The molecule has 0 N–H and O–H groups in total. The molecule has 11 aromatic rings. The first kappa shape index (κ1) is 36.8. The van der Waals surface area contributed by atoms with Crippen LogP contribution < -0.4 is 4.90 Å². The van der Waals surface area contributed by atoms with Gasteiger partial charge in [0.2, 0.25) is 0 Å². The van der Waals surface area contributed by atoms with Crippen molar-refractivity contribution in [3.05, 3.63) is 249 Å². The molecule has 0 atom stereocenters. The van der Waals surface area contributed by atoms with E-state index >= 15 is 0 Å². The number of hydrogen-bond acceptors (Lipinski definition) is 2. The molecule has 2 heteroatoms. The number of rotatable bonds is 9. The van der Waals surface area contributed by atoms with Crippen molar-refractivity contribution in [1.82, 2.24) is 0 Å². The Morgan fingerprint density at radius 3 is 1.31 bits per heavy atom. The van der Waals surface area contributed by atoms with Crippen LogP contribution in [0.2, 0.25) is 0 Å². The van der Waals surface area contributed by atoms with Crippen LogP contribution >= 0.6 is 0 Å². The van der Waals surface area contributed by atoms with Gasteiger partial charge < -0.3 is 9.32 Å². The van der Waals surface area contributed by atoms with E-state index in [1.165, 1.54) is 44.2 Å². The standard InChI is InChI=1S/C60H41NO/c1-3-16-44(17-4-1)53-22-10-12-24-56(53)57-25-13-11-23-54(57)46-30-35-51(36-31-46)61(52-37-29-42-15-7-8-20-47(42)39-52)50-33-27-43(28-34-50)48-32-38-55(45-18-5-2-6-19-45)58(40-48)60-41-49-21-9-14-26-59(49)62-60/h1-41H. The van der Waals surface area contributed by atoms with Crippen molar-refractivity contribution in [3.63, 3.8) is 0 Å². The molecule has 0 aliphatic heterocycles. The Morgan fingerprint density at radius 2 is 0.694 bits per heavy atom. The number of nitrogens with zero attached hydrogens (tertiary/aromatic N) is 1. The fraction of sp³-hybridized carbons (Fsp3) is 0. The lowest BCUT2D eigenvalue weighted by atomic mass is 9.89. The van der Waals surface area contributed by atoms with Gasteiger partial charge in [0.15, 0.2) is 0 Å². The van der Waals surface area contributed by atoms with E-state index in [1.54, 1.807) is 0 Å². The highest BCUT2D eigenvalue weighted by Crippen LogP contribution is 2.43. The van der Waals surface area contributed by atoms with Crippen LogP contribution in [-0.4, -0.2) is 0 Å². The summed E-state index contributed by atoms with van der Waals surface area (Å²) in [6, 6.07) is 89.0. The van der Waals surface area contributed by atoms with Gasteiger partial charge in [0.05, 0.1) is 0 Å². The number of anilines is 3. The van der Waals surface area contributed by atoms with Gasteiger partial charge in [-0.3, -0.25) is 0 Å². The molecule has 0 radical (unpaired) electrons. The number of hydrogen-bond donors (Lipinski definition) is 0. The van der Waals surface area contributed by atoms with Crippen molar-refractivity contribution in [2.45, 2.75) is 0 Å². The molecular weight excluding hydrogens is 751 g/mol. The molecule has 10 aromatic carbocycles. The number of fused-ring (bicyclic) bond motifs is 2. The zero-order valence-corrected chi connectivity index (χ0v) is 34.0. The Hall–Kier alpha value is -8.20. The van der Waals surface area contributed by atoms with Crippen LogP contribution in [0.1, 0.15) is 0 Å². The molecule has 0 fully saturated rings. The van der Waals surface area contributed by atoms with Crippen molar-refractivity contribution >= 4 is 38.8 Å². The summed E-state index contributed by atoms with van der Waals surface area (Å²) in [5.41, 5.74) is 17.0. The third-order valence-electron chi connectivity index (χ3n) is 11.9. The largest absolute Gasteiger partial charge is 0.456 e. The summed E-state index contributed by atoms with van der Waals surface area (Å²) in [4.78, 5) is 2.36. The van der Waals surface area contributed by atoms with Crippen molar-refractivity contribution < 1.29 is 4.42 Å². The number of benzene rings is 10. The minimum atomic E-state index is 0.859. The minimum absolute atomic E-state index is 0.859. The van der Waals surface area contributed by atoms with Gasteiger partial charge in [-0.05, 0) is 121 Å². The van der Waals surface area contributed by atoms with Gasteiger partial charge in [0, 0.05) is 28.0 Å². The van der Waals surface area contributed by atoms with E-state index in [1.807, 2.05) is 12.1 Å². The van der Waals surface area contributed by atoms with Gasteiger partial charge in [-0.1, -0.05) is 194 Å². The minimum Gasteiger partial charge on any atom is -0.456 e. The van der Waals surface area contributed by atoms with Gasteiger partial charge in [-0.15, -0.1) is 0 Å². The third-order valence-corrected chi connectivity index (χ3v) is 11.9. The lowest BCUT2D eigenvalue weighted by Crippen LogP contribution is -2.09. The summed E-state index contributed by atoms with van der Waals surface area (Å²) >= 11 is 0. The smallest absolute Gasteiger partial charge is 0.136 e. The summed E-state index contributed by atoms with van der Waals surface area (Å²) in [5.74, 6) is 0.859. The Balaban J connectivity index is 0.978. The maximum atomic E-state index is 6.47. The molecule has 0 unspecified atom stereocenters. The summed E-state index contributed by atoms with van der Waals surface area (Å²) in [5, 5.41) is 3.51. The van der Waals surface area contributed by atoms with Gasteiger partial charge in [0.1, 0.15) is 11.3 Å². The summed E-state index contributed by atoms with van der Waals surface area (Å²) in [7, 11) is 0. The van der Waals surface area contributed by atoms with Crippen LogP contribution in [0.5, 0.6) is 0 Å². The monoisotopic (exact) mass is 791 g/mol. The van der Waals surface area contributed by atoms with E-state index in [0.29, 0.717) is 0 Å². The second-order valence-electron chi connectivity index (χ2n) is 15.7. The molecular formula is C60H41NO. The number of para-hydroxylation sites is 1. The second kappa shape index (κ2) is 16.1. The second-order valence-corrected chi connectivity index (χ2v) is 15.7. The lowest BCUT2D eigenvalue weighted by Gasteiger charge is -2.26. The zero-order valence-electron chi connectivity index (χ0n) is 34.0. The molecule has 0 amide bonds. The van der Waals surface area contributed by atoms with E-state index in [9.17, 15) is 0 Å². The molecule has 0 saturated heterocycles. The molecule has 0 spiro atoms. The molecule has 0 aliphatic carbocycles. The average Bonchev–Trinajstić information content (AvgIpc) is 3.80. The van der Waals surface area contributed by atoms with Crippen LogP contribution in [0.15, 0.2) is 253 Å². The zero-order chi connectivity index (χ0) is 41.2. The van der Waals surface area contributed by atoms with Crippen molar-refractivity contribution in [2.24, 2.45) is 0 Å². The topological polar surface area (TPSA) is 16.4 Å². The van der Waals surface area contributed by atoms with Crippen molar-refractivity contribution in [3.8, 4) is 67.0 Å². The van der Waals surface area contributed by atoms with Crippen LogP contribution in [-0.2, 0) is 0 Å². The molecule has 292 valence electrons. The SMILES string of the molecule is c1ccc(-c2ccc(-c3ccc(N(c4ccc(-c5ccccc5-c5ccccc5-c5ccccc5)cc4)c4ccc5ccccc5c4)cc3)cc2-c2cc3ccccc3o2)cc1. The normalized spacial score (nSPS) is 11.2. The van der Waals surface area contributed by atoms with Crippen LogP contribution in [0.3, 0.4) is 0 Å². The number of furan rings is 1.